The molecule has 1 aromatic carbocycles. The molecule has 2 aliphatic carbocycles. The lowest BCUT2D eigenvalue weighted by Gasteiger charge is -2.47. The lowest BCUT2D eigenvalue weighted by Crippen LogP contribution is -2.60. The zero-order valence-corrected chi connectivity index (χ0v) is 20.4. The Balaban J connectivity index is 1.70. The third-order valence-electron chi connectivity index (χ3n) is 7.85. The molecule has 2 saturated carbocycles. The summed E-state index contributed by atoms with van der Waals surface area (Å²) in [7, 11) is 3.22. The fourth-order valence-corrected chi connectivity index (χ4v) is 6.06. The number of amides is 2. The molecule has 0 bridgehead atoms. The first-order chi connectivity index (χ1) is 16.1. The van der Waals surface area contributed by atoms with Gasteiger partial charge in [-0.25, -0.2) is 0 Å². The minimum atomic E-state index is -0.585. The molecule has 1 aliphatic heterocycles. The van der Waals surface area contributed by atoms with Gasteiger partial charge < -0.3 is 19.3 Å². The third kappa shape index (κ3) is 5.30. The van der Waals surface area contributed by atoms with Gasteiger partial charge in [-0.15, -0.1) is 0 Å². The number of piperazine rings is 1. The molecule has 1 heterocycles. The van der Waals surface area contributed by atoms with Crippen LogP contribution in [0.1, 0.15) is 95.1 Å². The number of methoxy groups -OCH3 is 2. The standard InChI is InChI=1S/C27H40N2O4/c1-32-23-17-16-20(18-24(23)33-2)26-27(31)28(21-12-8-6-7-9-13-21)19-25(30)29(26)22-14-10-4-3-5-11-15-22/h16-18,21-22,26H,3-15,19H2,1-2H3/t26-/m1/s1. The fraction of sp³-hybridized carbons (Fsp3) is 0.704. The van der Waals surface area contributed by atoms with Crippen LogP contribution in [0.25, 0.3) is 0 Å². The van der Waals surface area contributed by atoms with E-state index in [0.717, 1.165) is 56.9 Å². The Hall–Kier alpha value is -2.24. The number of carbonyl (C=O) groups excluding carboxylic acids is 2. The molecular formula is C27H40N2O4. The maximum absolute atomic E-state index is 14.1. The van der Waals surface area contributed by atoms with Crippen molar-refractivity contribution in [2.45, 2.75) is 102 Å². The molecular weight excluding hydrogens is 416 g/mol. The van der Waals surface area contributed by atoms with E-state index in [-0.39, 0.29) is 30.4 Å². The smallest absolute Gasteiger partial charge is 0.250 e. The van der Waals surface area contributed by atoms with Gasteiger partial charge in [0.05, 0.1) is 14.2 Å². The molecule has 182 valence electrons. The van der Waals surface area contributed by atoms with E-state index in [1.807, 2.05) is 28.0 Å². The first-order valence-electron chi connectivity index (χ1n) is 13.0. The predicted octanol–water partition coefficient (Wildman–Crippen LogP) is 5.25. The molecule has 0 unspecified atom stereocenters. The number of hydrogen-bond acceptors (Lipinski definition) is 4. The Kier molecular flexibility index (Phi) is 8.15. The Labute approximate surface area is 198 Å². The highest BCUT2D eigenvalue weighted by molar-refractivity contribution is 5.96. The Morgan fingerprint density at radius 3 is 1.85 bits per heavy atom. The first-order valence-corrected chi connectivity index (χ1v) is 13.0. The lowest BCUT2D eigenvalue weighted by molar-refractivity contribution is -0.162. The Morgan fingerprint density at radius 1 is 0.727 bits per heavy atom. The summed E-state index contributed by atoms with van der Waals surface area (Å²) in [4.78, 5) is 31.7. The van der Waals surface area contributed by atoms with Crippen molar-refractivity contribution in [2.24, 2.45) is 0 Å². The van der Waals surface area contributed by atoms with E-state index in [4.69, 9.17) is 9.47 Å². The first kappa shape index (κ1) is 23.9. The van der Waals surface area contributed by atoms with Crippen LogP contribution in [0.15, 0.2) is 18.2 Å². The number of rotatable bonds is 5. The largest absolute Gasteiger partial charge is 0.493 e. The SMILES string of the molecule is COc1ccc([C@@H]2C(=O)N(C3CCCCCC3)CC(=O)N2C2CCCCCCC2)cc1OC. The topological polar surface area (TPSA) is 59.1 Å². The van der Waals surface area contributed by atoms with Crippen molar-refractivity contribution in [3.63, 3.8) is 0 Å². The van der Waals surface area contributed by atoms with E-state index in [9.17, 15) is 9.59 Å². The van der Waals surface area contributed by atoms with Crippen LogP contribution in [0, 0.1) is 0 Å². The molecule has 6 heteroatoms. The third-order valence-corrected chi connectivity index (χ3v) is 7.85. The highest BCUT2D eigenvalue weighted by Gasteiger charge is 2.45. The van der Waals surface area contributed by atoms with E-state index in [0.29, 0.717) is 11.5 Å². The quantitative estimate of drug-likeness (QED) is 0.568. The van der Waals surface area contributed by atoms with Crippen molar-refractivity contribution in [2.75, 3.05) is 20.8 Å². The lowest BCUT2D eigenvalue weighted by atomic mass is 9.90. The van der Waals surface area contributed by atoms with Gasteiger partial charge in [0.15, 0.2) is 11.5 Å². The molecule has 4 rings (SSSR count). The van der Waals surface area contributed by atoms with Crippen LogP contribution in [0.3, 0.4) is 0 Å². The summed E-state index contributed by atoms with van der Waals surface area (Å²) in [6.45, 7) is 0.226. The van der Waals surface area contributed by atoms with Crippen LogP contribution < -0.4 is 9.47 Å². The molecule has 0 N–H and O–H groups in total. The summed E-state index contributed by atoms with van der Waals surface area (Å²) in [6.07, 6.45) is 14.6. The van der Waals surface area contributed by atoms with Gasteiger partial charge in [0.2, 0.25) is 5.91 Å². The summed E-state index contributed by atoms with van der Waals surface area (Å²) in [5, 5.41) is 0. The van der Waals surface area contributed by atoms with Crippen LogP contribution in [0.2, 0.25) is 0 Å². The monoisotopic (exact) mass is 456 g/mol. The molecule has 3 fully saturated rings. The van der Waals surface area contributed by atoms with Gasteiger partial charge in [0.25, 0.3) is 5.91 Å². The predicted molar refractivity (Wildman–Crippen MR) is 128 cm³/mol. The summed E-state index contributed by atoms with van der Waals surface area (Å²) in [5.74, 6) is 1.41. The zero-order valence-electron chi connectivity index (χ0n) is 20.4. The molecule has 0 aromatic heterocycles. The number of ether oxygens (including phenoxy) is 2. The van der Waals surface area contributed by atoms with E-state index < -0.39 is 6.04 Å². The summed E-state index contributed by atoms with van der Waals surface area (Å²) in [6, 6.07) is 5.39. The second kappa shape index (κ2) is 11.3. The van der Waals surface area contributed by atoms with Crippen LogP contribution in [-0.2, 0) is 9.59 Å². The van der Waals surface area contributed by atoms with Gasteiger partial charge in [-0.05, 0) is 43.4 Å². The van der Waals surface area contributed by atoms with E-state index in [2.05, 4.69) is 0 Å². The summed E-state index contributed by atoms with van der Waals surface area (Å²) >= 11 is 0. The maximum atomic E-state index is 14.1. The van der Waals surface area contributed by atoms with Crippen LogP contribution in [-0.4, -0.2) is 54.5 Å². The van der Waals surface area contributed by atoms with Crippen molar-refractivity contribution < 1.29 is 19.1 Å². The van der Waals surface area contributed by atoms with E-state index >= 15 is 0 Å². The average molecular weight is 457 g/mol. The van der Waals surface area contributed by atoms with Crippen molar-refractivity contribution >= 4 is 11.8 Å². The van der Waals surface area contributed by atoms with Crippen molar-refractivity contribution in [3.8, 4) is 11.5 Å². The number of benzene rings is 1. The van der Waals surface area contributed by atoms with Gasteiger partial charge in [-0.2, -0.15) is 0 Å². The normalized spacial score (nSPS) is 24.2. The van der Waals surface area contributed by atoms with Gasteiger partial charge in [0, 0.05) is 12.1 Å². The van der Waals surface area contributed by atoms with Crippen molar-refractivity contribution in [3.05, 3.63) is 23.8 Å². The van der Waals surface area contributed by atoms with Gasteiger partial charge in [-0.1, -0.05) is 63.9 Å². The Morgan fingerprint density at radius 2 is 1.27 bits per heavy atom. The molecule has 1 aromatic rings. The number of carbonyl (C=O) groups is 2. The maximum Gasteiger partial charge on any atom is 0.250 e. The minimum absolute atomic E-state index is 0.0794. The highest BCUT2D eigenvalue weighted by Crippen LogP contribution is 2.39. The summed E-state index contributed by atoms with van der Waals surface area (Å²) < 4.78 is 11.0. The van der Waals surface area contributed by atoms with Crippen LogP contribution in [0.4, 0.5) is 0 Å². The molecule has 1 saturated heterocycles. The molecule has 0 spiro atoms. The second-order valence-corrected chi connectivity index (χ2v) is 9.93. The van der Waals surface area contributed by atoms with Gasteiger partial charge in [0.1, 0.15) is 12.6 Å². The van der Waals surface area contributed by atoms with Crippen LogP contribution in [0.5, 0.6) is 11.5 Å². The molecule has 1 atom stereocenters. The molecule has 2 amide bonds. The van der Waals surface area contributed by atoms with Crippen LogP contribution >= 0.6 is 0 Å². The highest BCUT2D eigenvalue weighted by atomic mass is 16.5. The average Bonchev–Trinajstić information content (AvgIpc) is 3.09. The molecule has 3 aliphatic rings. The zero-order chi connectivity index (χ0) is 23.2. The van der Waals surface area contributed by atoms with E-state index in [1.54, 1.807) is 14.2 Å². The van der Waals surface area contributed by atoms with Gasteiger partial charge >= 0.3 is 0 Å². The van der Waals surface area contributed by atoms with Crippen molar-refractivity contribution in [1.82, 2.24) is 9.80 Å². The fourth-order valence-electron chi connectivity index (χ4n) is 6.06. The van der Waals surface area contributed by atoms with Gasteiger partial charge in [-0.3, -0.25) is 9.59 Å². The number of nitrogens with zero attached hydrogens (tertiary/aromatic N) is 2. The second-order valence-electron chi connectivity index (χ2n) is 9.93. The van der Waals surface area contributed by atoms with Crippen molar-refractivity contribution in [1.29, 1.82) is 0 Å². The molecule has 0 radical (unpaired) electrons. The molecule has 33 heavy (non-hydrogen) atoms. The summed E-state index contributed by atoms with van der Waals surface area (Å²) in [5.41, 5.74) is 0.825. The Bertz CT molecular complexity index is 810. The minimum Gasteiger partial charge on any atom is -0.493 e. The van der Waals surface area contributed by atoms with E-state index in [1.165, 1.54) is 32.1 Å². The molecule has 6 nitrogen and oxygen atoms in total. The number of hydrogen-bond donors (Lipinski definition) is 0.